The Morgan fingerprint density at radius 2 is 1.38 bits per heavy atom. The van der Waals surface area contributed by atoms with Crippen LogP contribution in [0.3, 0.4) is 0 Å². The summed E-state index contributed by atoms with van der Waals surface area (Å²) in [4.78, 5) is 162. The predicted molar refractivity (Wildman–Crippen MR) is 323 cm³/mol. The number of likely N-dealkylation sites (tertiary alicyclic amines) is 1. The largest absolute Gasteiger partial charge is 0.508 e. The molecule has 5 rings (SSSR count). The Balaban J connectivity index is 1.28. The third kappa shape index (κ3) is 21.7. The molecule has 88 heavy (non-hydrogen) atoms. The van der Waals surface area contributed by atoms with E-state index in [0.29, 0.717) is 24.1 Å². The fourth-order valence-electron chi connectivity index (χ4n) is 10.5. The number of carbonyl (C=O) groups is 11. The highest BCUT2D eigenvalue weighted by Gasteiger charge is 2.43. The number of ketones is 3. The molecule has 10 atom stereocenters. The molecule has 4 aromatic rings. The Morgan fingerprint density at radius 3 is 2.01 bits per heavy atom. The molecule has 27 heteroatoms. The number of aliphatic hydroxyl groups is 2. The van der Waals surface area contributed by atoms with Crippen molar-refractivity contribution >= 4 is 81.5 Å². The lowest BCUT2D eigenvalue weighted by molar-refractivity contribution is -0.142. The Morgan fingerprint density at radius 1 is 0.727 bits per heavy atom. The molecule has 0 radical (unpaired) electrons. The standard InChI is InChI=1S/C61H83N13O14/c1-33(2)23-45(52(80)27-38(9-8-20-67-61(64)65-5)57(85)73-48(56(63)84)26-39-31-68-44-11-7-6-10-42(39)44)70-55(83)17-16-51(79)46(24-37-18-21-66-22-19-37)71-58(86)43(34(3)75)29-53(81)47(30-54(62)82)72-59(87)50-28-41(78)32-74(50)60(88)49(69-35(4)76)25-36-12-14-40(77)15-13-36/h6-7,10-15,18-19,21-22,31,33-34,38,41,43,45-50,68,75,77-78H,8-9,16-17,20,23-30,32H2,1-5H3,(H2,62,82)(H2,63,84)(H,69,76)(H,70,83)(H,71,86)(H,72,87)(H,73,85)(H3,64,65,67)/t34-,38-,41-,43+,45+,46+,47+,48+,49-,50+/m1/s1. The highest BCUT2D eigenvalue weighted by molar-refractivity contribution is 6.00. The number of nitrogens with one attached hydrogen (secondary N) is 7. The van der Waals surface area contributed by atoms with Crippen molar-refractivity contribution in [1.82, 2.24) is 46.8 Å². The van der Waals surface area contributed by atoms with Gasteiger partial charge in [-0.15, -0.1) is 0 Å². The van der Waals surface area contributed by atoms with Gasteiger partial charge in [-0.1, -0.05) is 44.2 Å². The van der Waals surface area contributed by atoms with Gasteiger partial charge in [0.25, 0.3) is 0 Å². The number of H-pyrrole nitrogens is 1. The van der Waals surface area contributed by atoms with E-state index in [0.717, 1.165) is 21.4 Å². The van der Waals surface area contributed by atoms with Gasteiger partial charge in [0.05, 0.1) is 42.7 Å². The van der Waals surface area contributed by atoms with E-state index in [1.165, 1.54) is 57.6 Å². The van der Waals surface area contributed by atoms with Crippen LogP contribution in [-0.2, 0) is 72.0 Å². The molecule has 8 amide bonds. The second-order valence-electron chi connectivity index (χ2n) is 22.7. The molecule has 0 saturated carbocycles. The Hall–Kier alpha value is -9.11. The molecular formula is C61H83N13O14. The summed E-state index contributed by atoms with van der Waals surface area (Å²) in [6.45, 7) is 6.01. The fourth-order valence-corrected chi connectivity index (χ4v) is 10.5. The molecule has 0 spiro atoms. The van der Waals surface area contributed by atoms with Crippen molar-refractivity contribution in [2.75, 3.05) is 20.1 Å². The van der Waals surface area contributed by atoms with E-state index in [2.05, 4.69) is 46.9 Å². The highest BCUT2D eigenvalue weighted by atomic mass is 16.3. The minimum atomic E-state index is -1.71. The van der Waals surface area contributed by atoms with E-state index in [1.54, 1.807) is 18.3 Å². The summed E-state index contributed by atoms with van der Waals surface area (Å²) in [5.41, 5.74) is 19.8. The maximum atomic E-state index is 14.3. The molecule has 3 heterocycles. The van der Waals surface area contributed by atoms with Crippen LogP contribution in [0.25, 0.3) is 10.9 Å². The van der Waals surface area contributed by atoms with Crippen LogP contribution in [0.1, 0.15) is 102 Å². The average molecular weight is 1220 g/mol. The molecule has 0 aliphatic carbocycles. The van der Waals surface area contributed by atoms with Gasteiger partial charge in [0, 0.05) is 107 Å². The number of amides is 8. The zero-order chi connectivity index (χ0) is 64.8. The second kappa shape index (κ2) is 33.7. The van der Waals surface area contributed by atoms with E-state index in [1.807, 2.05) is 38.1 Å². The van der Waals surface area contributed by atoms with Gasteiger partial charge < -0.3 is 74.3 Å². The second-order valence-corrected chi connectivity index (χ2v) is 22.7. The summed E-state index contributed by atoms with van der Waals surface area (Å²) in [5, 5.41) is 48.3. The van der Waals surface area contributed by atoms with Gasteiger partial charge in [-0.25, -0.2) is 0 Å². The van der Waals surface area contributed by atoms with E-state index < -0.39 is 151 Å². The van der Waals surface area contributed by atoms with Gasteiger partial charge >= 0.3 is 0 Å². The number of para-hydroxylation sites is 1. The molecule has 1 fully saturated rings. The number of hydrogen-bond acceptors (Lipinski definition) is 16. The van der Waals surface area contributed by atoms with Gasteiger partial charge in [0.2, 0.25) is 47.3 Å². The topological polar surface area (TPSA) is 443 Å². The number of phenols is 1. The van der Waals surface area contributed by atoms with Crippen LogP contribution in [0.4, 0.5) is 0 Å². The van der Waals surface area contributed by atoms with Crippen LogP contribution in [0.2, 0.25) is 0 Å². The maximum Gasteiger partial charge on any atom is 0.246 e. The number of benzene rings is 2. The third-order valence-corrected chi connectivity index (χ3v) is 15.1. The van der Waals surface area contributed by atoms with E-state index >= 15 is 0 Å². The normalized spacial score (nSPS) is 16.8. The number of aliphatic imine (C=N–C) groups is 1. The Bertz CT molecular complexity index is 3130. The van der Waals surface area contributed by atoms with Crippen molar-refractivity contribution in [3.63, 3.8) is 0 Å². The number of phenolic OH excluding ortho intramolecular Hbond substituents is 1. The van der Waals surface area contributed by atoms with Crippen LogP contribution in [0.5, 0.6) is 5.75 Å². The molecule has 1 aliphatic heterocycles. The number of pyridine rings is 1. The number of hydrogen-bond donors (Lipinski definition) is 13. The van der Waals surface area contributed by atoms with Crippen molar-refractivity contribution in [3.8, 4) is 5.75 Å². The molecule has 2 aromatic heterocycles. The minimum absolute atomic E-state index is 0.0396. The first-order valence-corrected chi connectivity index (χ1v) is 29.2. The lowest BCUT2D eigenvalue weighted by Gasteiger charge is -2.30. The number of carbonyl (C=O) groups excluding carboxylic acids is 11. The number of fused-ring (bicyclic) bond motifs is 1. The Labute approximate surface area is 509 Å². The quantitative estimate of drug-likeness (QED) is 0.0154. The summed E-state index contributed by atoms with van der Waals surface area (Å²) >= 11 is 0. The average Bonchev–Trinajstić information content (AvgIpc) is 2.76. The lowest BCUT2D eigenvalue weighted by Crippen LogP contribution is -2.56. The smallest absolute Gasteiger partial charge is 0.246 e. The third-order valence-electron chi connectivity index (χ3n) is 15.1. The molecule has 27 nitrogen and oxygen atoms in total. The molecule has 0 unspecified atom stereocenters. The summed E-state index contributed by atoms with van der Waals surface area (Å²) in [7, 11) is 1.50. The highest BCUT2D eigenvalue weighted by Crippen LogP contribution is 2.24. The van der Waals surface area contributed by atoms with Crippen molar-refractivity contribution in [2.24, 2.45) is 39.9 Å². The van der Waals surface area contributed by atoms with Gasteiger partial charge in [0.15, 0.2) is 23.3 Å². The molecule has 1 aliphatic rings. The number of aromatic hydroxyl groups is 1. The number of primary amides is 2. The summed E-state index contributed by atoms with van der Waals surface area (Å²) < 4.78 is 0. The number of nitrogens with two attached hydrogens (primary N) is 3. The zero-order valence-corrected chi connectivity index (χ0v) is 50.2. The van der Waals surface area contributed by atoms with Gasteiger partial charge in [0.1, 0.15) is 23.9 Å². The van der Waals surface area contributed by atoms with Crippen molar-refractivity contribution < 1.29 is 68.1 Å². The summed E-state index contributed by atoms with van der Waals surface area (Å²) in [5.74, 6) is -11.2. The molecule has 16 N–H and O–H groups in total. The zero-order valence-electron chi connectivity index (χ0n) is 50.2. The predicted octanol–water partition coefficient (Wildman–Crippen LogP) is -0.696. The monoisotopic (exact) mass is 1220 g/mol. The van der Waals surface area contributed by atoms with Crippen molar-refractivity contribution in [3.05, 3.63) is 95.9 Å². The van der Waals surface area contributed by atoms with Crippen LogP contribution in [0.15, 0.2) is 84.2 Å². The number of rotatable bonds is 35. The van der Waals surface area contributed by atoms with E-state index in [9.17, 15) is 68.1 Å². The molecule has 0 bridgehead atoms. The number of nitrogens with zero attached hydrogens (tertiary/aromatic N) is 3. The maximum absolute atomic E-state index is 14.3. The lowest BCUT2D eigenvalue weighted by atomic mass is 9.89. The number of guanidine groups is 1. The van der Waals surface area contributed by atoms with Crippen LogP contribution < -0.4 is 49.1 Å². The SMILES string of the molecule is CN=C(N)NCCC[C@H](CC(=O)[C@H](CC(C)C)NC(=O)CCC(=O)[C@H](Cc1ccncc1)NC(=O)[C@@H](CC(=O)[C@H](CC(N)=O)NC(=O)[C@@H]1C[C@@H](O)CN1C(=O)[C@@H](Cc1ccc(O)cc1)NC(C)=O)[C@@H](C)O)C(=O)N[C@@H](Cc1c[nH]c2ccccc12)C(N)=O. The number of aliphatic hydroxyl groups excluding tert-OH is 2. The first-order valence-electron chi connectivity index (χ1n) is 29.2. The first kappa shape index (κ1) is 69.7. The van der Waals surface area contributed by atoms with Crippen LogP contribution >= 0.6 is 0 Å². The fraction of sp³-hybridized carbons (Fsp3) is 0.492. The number of β-amino-alcohol motifs (C(OH)–C–C–N with tert-alkyl or cyclic N) is 1. The Kier molecular flexibility index (Phi) is 26.7. The number of aromatic nitrogens is 2. The summed E-state index contributed by atoms with van der Waals surface area (Å²) in [6, 6.07) is 8.44. The van der Waals surface area contributed by atoms with Crippen molar-refractivity contribution in [1.29, 1.82) is 0 Å². The molecule has 2 aromatic carbocycles. The van der Waals surface area contributed by atoms with Gasteiger partial charge in [-0.05, 0) is 85.5 Å². The molecular weight excluding hydrogens is 1140 g/mol. The first-order chi connectivity index (χ1) is 41.7. The number of aromatic amines is 1. The molecule has 476 valence electrons. The van der Waals surface area contributed by atoms with Crippen LogP contribution in [-0.4, -0.2) is 169 Å². The number of Topliss-reactive ketones (excluding diaryl/α,β-unsaturated/α-hetero) is 3. The van der Waals surface area contributed by atoms with Crippen LogP contribution in [0, 0.1) is 17.8 Å². The minimum Gasteiger partial charge on any atom is -0.508 e. The van der Waals surface area contributed by atoms with E-state index in [4.69, 9.17) is 17.2 Å². The molecule has 1 saturated heterocycles. The van der Waals surface area contributed by atoms with Gasteiger partial charge in [-0.3, -0.25) is 62.7 Å². The van der Waals surface area contributed by atoms with Crippen molar-refractivity contribution in [2.45, 2.75) is 153 Å². The van der Waals surface area contributed by atoms with Gasteiger partial charge in [-0.2, -0.15) is 0 Å². The summed E-state index contributed by atoms with van der Waals surface area (Å²) in [6.07, 6.45) is -0.828. The van der Waals surface area contributed by atoms with E-state index in [-0.39, 0.29) is 69.1 Å².